The molecule has 5 rings (SSSR count). The van der Waals surface area contributed by atoms with Gasteiger partial charge in [0, 0.05) is 56.6 Å². The Morgan fingerprint density at radius 2 is 2.11 bits per heavy atom. The number of aliphatic imine (C=N–C) groups is 2. The second-order valence-electron chi connectivity index (χ2n) is 9.33. The summed E-state index contributed by atoms with van der Waals surface area (Å²) in [5.74, 6) is 0.590. The van der Waals surface area contributed by atoms with Crippen LogP contribution >= 0.6 is 0 Å². The van der Waals surface area contributed by atoms with Gasteiger partial charge < -0.3 is 25.4 Å². The molecule has 9 nitrogen and oxygen atoms in total. The van der Waals surface area contributed by atoms with Gasteiger partial charge in [-0.1, -0.05) is 36.4 Å². The molecule has 0 fully saturated rings. The SMILES string of the molecule is COCC1=CCC2=C[C@H]1OCCNCCCN(Cc1ccccc1)CC1=C3C(=NC=NC3NC1=O)N2. The van der Waals surface area contributed by atoms with Crippen molar-refractivity contribution in [3.8, 4) is 0 Å². The highest BCUT2D eigenvalue weighted by molar-refractivity contribution is 6.14. The topological polar surface area (TPSA) is 99.6 Å². The predicted octanol–water partition coefficient (Wildman–Crippen LogP) is 1.51. The molecule has 1 aromatic rings. The van der Waals surface area contributed by atoms with Gasteiger partial charge >= 0.3 is 0 Å². The Bertz CT molecular complexity index is 1110. The van der Waals surface area contributed by atoms with Crippen LogP contribution in [0.4, 0.5) is 0 Å². The van der Waals surface area contributed by atoms with E-state index in [1.807, 2.05) is 6.07 Å². The molecule has 1 aliphatic carbocycles. The molecule has 0 saturated carbocycles. The number of benzene rings is 1. The minimum absolute atomic E-state index is 0.0815. The summed E-state index contributed by atoms with van der Waals surface area (Å²) >= 11 is 0. The van der Waals surface area contributed by atoms with Crippen LogP contribution in [0.25, 0.3) is 0 Å². The third kappa shape index (κ3) is 5.82. The first-order chi connectivity index (χ1) is 17.7. The first-order valence-electron chi connectivity index (χ1n) is 12.6. The molecular weight excluding hydrogens is 456 g/mol. The zero-order chi connectivity index (χ0) is 24.7. The number of rotatable bonds is 4. The van der Waals surface area contributed by atoms with Crippen LogP contribution in [0.5, 0.6) is 0 Å². The smallest absolute Gasteiger partial charge is 0.250 e. The average molecular weight is 491 g/mol. The second-order valence-corrected chi connectivity index (χ2v) is 9.33. The van der Waals surface area contributed by atoms with E-state index in [2.05, 4.69) is 67.3 Å². The van der Waals surface area contributed by atoms with Gasteiger partial charge in [-0.15, -0.1) is 0 Å². The molecule has 3 aliphatic heterocycles. The molecule has 0 radical (unpaired) electrons. The van der Waals surface area contributed by atoms with Gasteiger partial charge in [0.05, 0.1) is 13.2 Å². The molecule has 4 aliphatic rings. The van der Waals surface area contributed by atoms with Crippen LogP contribution in [0.1, 0.15) is 18.4 Å². The lowest BCUT2D eigenvalue weighted by Crippen LogP contribution is -2.37. The van der Waals surface area contributed by atoms with Crippen LogP contribution < -0.4 is 16.0 Å². The number of amides is 1. The number of methoxy groups -OCH3 is 1. The maximum Gasteiger partial charge on any atom is 0.250 e. The van der Waals surface area contributed by atoms with E-state index in [1.165, 1.54) is 11.9 Å². The van der Waals surface area contributed by atoms with Crippen LogP contribution in [-0.2, 0) is 20.8 Å². The summed E-state index contributed by atoms with van der Waals surface area (Å²) < 4.78 is 11.6. The molecule has 2 atom stereocenters. The van der Waals surface area contributed by atoms with Crippen molar-refractivity contribution in [3.63, 3.8) is 0 Å². The number of hydrogen-bond acceptors (Lipinski definition) is 8. The van der Waals surface area contributed by atoms with Gasteiger partial charge in [-0.3, -0.25) is 9.69 Å². The number of hydrogen-bond donors (Lipinski definition) is 3. The molecule has 0 spiro atoms. The first kappa shape index (κ1) is 24.6. The predicted molar refractivity (Wildman–Crippen MR) is 140 cm³/mol. The summed E-state index contributed by atoms with van der Waals surface area (Å²) in [5, 5.41) is 10.00. The standard InChI is InChI=1S/C27H34N6O3/c1-35-17-20-8-9-21-14-23(20)36-13-11-28-10-5-12-33(15-19-6-3-2-4-7-19)16-22-24-25(31-21)29-18-30-26(24)32-27(22)34/h2-4,6-8,14,18,23,26,28H,5,9-13,15-17H2,1H3,(H,32,34)(H,29,30,31)/t23-,26?/m1/s1. The summed E-state index contributed by atoms with van der Waals surface area (Å²) in [6, 6.07) is 10.4. The van der Waals surface area contributed by atoms with Crippen LogP contribution in [0.3, 0.4) is 0 Å². The van der Waals surface area contributed by atoms with Crippen molar-refractivity contribution in [2.24, 2.45) is 9.98 Å². The first-order valence-corrected chi connectivity index (χ1v) is 12.6. The molecule has 1 aromatic carbocycles. The Morgan fingerprint density at radius 1 is 1.22 bits per heavy atom. The van der Waals surface area contributed by atoms with E-state index in [0.29, 0.717) is 32.0 Å². The minimum atomic E-state index is -0.414. The largest absolute Gasteiger partial charge is 0.380 e. The van der Waals surface area contributed by atoms with E-state index >= 15 is 0 Å². The minimum Gasteiger partial charge on any atom is -0.380 e. The molecular formula is C27H34N6O3. The highest BCUT2D eigenvalue weighted by Crippen LogP contribution is 2.26. The van der Waals surface area contributed by atoms with Crippen LogP contribution in [0.15, 0.2) is 74.9 Å². The quantitative estimate of drug-likeness (QED) is 0.554. The lowest BCUT2D eigenvalue weighted by molar-refractivity contribution is -0.117. The highest BCUT2D eigenvalue weighted by Gasteiger charge is 2.36. The number of nitrogens with zero attached hydrogens (tertiary/aromatic N) is 3. The van der Waals surface area contributed by atoms with Gasteiger partial charge in [0.1, 0.15) is 18.3 Å². The maximum atomic E-state index is 13.1. The van der Waals surface area contributed by atoms with E-state index in [9.17, 15) is 4.79 Å². The van der Waals surface area contributed by atoms with E-state index < -0.39 is 6.17 Å². The van der Waals surface area contributed by atoms with Crippen molar-refractivity contribution >= 4 is 18.1 Å². The van der Waals surface area contributed by atoms with Crippen molar-refractivity contribution in [2.45, 2.75) is 31.7 Å². The Morgan fingerprint density at radius 3 is 2.97 bits per heavy atom. The monoisotopic (exact) mass is 490 g/mol. The van der Waals surface area contributed by atoms with Crippen molar-refractivity contribution in [1.29, 1.82) is 0 Å². The van der Waals surface area contributed by atoms with Gasteiger partial charge in [0.25, 0.3) is 5.91 Å². The van der Waals surface area contributed by atoms with Gasteiger partial charge in [0.15, 0.2) is 6.17 Å². The summed E-state index contributed by atoms with van der Waals surface area (Å²) in [6.45, 7) is 4.94. The summed E-state index contributed by atoms with van der Waals surface area (Å²) in [5.41, 5.74) is 4.87. The zero-order valence-electron chi connectivity index (χ0n) is 20.7. The third-order valence-electron chi connectivity index (χ3n) is 6.73. The molecule has 9 heteroatoms. The van der Waals surface area contributed by atoms with Gasteiger partial charge in [-0.2, -0.15) is 0 Å². The number of amidine groups is 1. The summed E-state index contributed by atoms with van der Waals surface area (Å²) in [7, 11) is 1.70. The van der Waals surface area contributed by atoms with E-state index in [0.717, 1.165) is 55.0 Å². The fourth-order valence-electron chi connectivity index (χ4n) is 4.95. The molecule has 0 saturated heterocycles. The van der Waals surface area contributed by atoms with Crippen molar-refractivity contribution < 1.29 is 14.3 Å². The van der Waals surface area contributed by atoms with Crippen molar-refractivity contribution in [2.75, 3.05) is 46.5 Å². The number of fused-ring (bicyclic) bond motifs is 1. The molecule has 3 heterocycles. The van der Waals surface area contributed by atoms with Gasteiger partial charge in [-0.25, -0.2) is 9.98 Å². The number of ether oxygens (including phenoxy) is 2. The zero-order valence-corrected chi connectivity index (χ0v) is 20.7. The lowest BCUT2D eigenvalue weighted by Gasteiger charge is -2.27. The Hall–Kier alpha value is -3.11. The fraction of sp³-hybridized carbons (Fsp3) is 0.444. The average Bonchev–Trinajstić information content (AvgIpc) is 3.20. The van der Waals surface area contributed by atoms with Crippen LogP contribution in [0, 0.1) is 0 Å². The fourth-order valence-corrected chi connectivity index (χ4v) is 4.95. The highest BCUT2D eigenvalue weighted by atomic mass is 16.5. The number of allylic oxidation sites excluding steroid dienone is 1. The van der Waals surface area contributed by atoms with Gasteiger partial charge in [0.2, 0.25) is 0 Å². The Balaban J connectivity index is 1.44. The number of carbonyl (C=O) groups excluding carboxylic acids is 1. The van der Waals surface area contributed by atoms with Crippen LogP contribution in [-0.4, -0.2) is 81.8 Å². The summed E-state index contributed by atoms with van der Waals surface area (Å²) in [4.78, 5) is 24.4. The number of nitrogens with one attached hydrogen (secondary N) is 3. The van der Waals surface area contributed by atoms with Crippen LogP contribution in [0.2, 0.25) is 0 Å². The van der Waals surface area contributed by atoms with E-state index in [4.69, 9.17) is 9.47 Å². The number of carbonyl (C=O) groups is 1. The Labute approximate surface area is 212 Å². The molecule has 1 amide bonds. The molecule has 3 N–H and O–H groups in total. The lowest BCUT2D eigenvalue weighted by atomic mass is 10.00. The van der Waals surface area contributed by atoms with Gasteiger partial charge in [-0.05, 0) is 30.2 Å². The van der Waals surface area contributed by atoms with Crippen molar-refractivity contribution in [1.82, 2.24) is 20.9 Å². The molecule has 0 aromatic heterocycles. The molecule has 1 unspecified atom stereocenters. The van der Waals surface area contributed by atoms with E-state index in [1.54, 1.807) is 7.11 Å². The molecule has 190 valence electrons. The maximum absolute atomic E-state index is 13.1. The van der Waals surface area contributed by atoms with E-state index in [-0.39, 0.29) is 12.0 Å². The Kier molecular flexibility index (Phi) is 8.02. The normalized spacial score (nSPS) is 25.4. The van der Waals surface area contributed by atoms with Crippen molar-refractivity contribution in [3.05, 3.63) is 70.5 Å². The third-order valence-corrected chi connectivity index (χ3v) is 6.73. The summed E-state index contributed by atoms with van der Waals surface area (Å²) in [6.07, 6.45) is 6.86. The molecule has 36 heavy (non-hydrogen) atoms. The second kappa shape index (κ2) is 11.7. The molecule has 2 bridgehead atoms.